The van der Waals surface area contributed by atoms with Crippen LogP contribution in [0.1, 0.15) is 21.5 Å². The first-order valence-electron chi connectivity index (χ1n) is 9.55. The minimum absolute atomic E-state index is 0.0996. The number of halogens is 2. The number of hydrogen-bond donors (Lipinski definition) is 1. The van der Waals surface area contributed by atoms with Crippen molar-refractivity contribution in [2.45, 2.75) is 19.1 Å². The molecule has 5 nitrogen and oxygen atoms in total. The summed E-state index contributed by atoms with van der Waals surface area (Å²) in [6.45, 7) is 0.426. The van der Waals surface area contributed by atoms with Crippen molar-refractivity contribution < 1.29 is 27.8 Å². The van der Waals surface area contributed by atoms with E-state index in [1.807, 2.05) is 30.3 Å². The van der Waals surface area contributed by atoms with Crippen molar-refractivity contribution in [2.75, 3.05) is 7.11 Å². The predicted octanol–water partition coefficient (Wildman–Crippen LogP) is 4.06. The fraction of sp³-hybridized carbons (Fsp3) is 0.167. The fourth-order valence-electron chi connectivity index (χ4n) is 2.91. The zero-order chi connectivity index (χ0) is 22.2. The quantitative estimate of drug-likeness (QED) is 0.553. The van der Waals surface area contributed by atoms with Crippen LogP contribution in [0.3, 0.4) is 0 Å². The highest BCUT2D eigenvalue weighted by molar-refractivity contribution is 5.96. The third-order valence-electron chi connectivity index (χ3n) is 4.58. The van der Waals surface area contributed by atoms with Gasteiger partial charge in [-0.05, 0) is 41.5 Å². The molecule has 7 heteroatoms. The lowest BCUT2D eigenvalue weighted by Gasteiger charge is -2.17. The summed E-state index contributed by atoms with van der Waals surface area (Å²) in [5, 5.41) is 2.51. The Labute approximate surface area is 178 Å². The van der Waals surface area contributed by atoms with Gasteiger partial charge in [0.25, 0.3) is 5.91 Å². The molecule has 0 aliphatic rings. The van der Waals surface area contributed by atoms with Gasteiger partial charge in [-0.2, -0.15) is 0 Å². The molecule has 3 aromatic carbocycles. The summed E-state index contributed by atoms with van der Waals surface area (Å²) in [4.78, 5) is 24.5. The number of rotatable bonds is 8. The lowest BCUT2D eigenvalue weighted by molar-refractivity contribution is -0.142. The van der Waals surface area contributed by atoms with E-state index in [0.717, 1.165) is 29.3 Å². The van der Waals surface area contributed by atoms with Crippen LogP contribution in [0.15, 0.2) is 72.8 Å². The number of esters is 1. The minimum Gasteiger partial charge on any atom is -0.489 e. The van der Waals surface area contributed by atoms with Crippen molar-refractivity contribution >= 4 is 11.9 Å². The van der Waals surface area contributed by atoms with Crippen LogP contribution in [0.4, 0.5) is 8.78 Å². The normalized spacial score (nSPS) is 11.5. The van der Waals surface area contributed by atoms with Crippen molar-refractivity contribution in [2.24, 2.45) is 0 Å². The molecule has 0 spiro atoms. The zero-order valence-electron chi connectivity index (χ0n) is 16.8. The topological polar surface area (TPSA) is 64.6 Å². The Morgan fingerprint density at radius 2 is 1.61 bits per heavy atom. The van der Waals surface area contributed by atoms with Gasteiger partial charge in [-0.3, -0.25) is 4.79 Å². The van der Waals surface area contributed by atoms with Gasteiger partial charge in [-0.15, -0.1) is 0 Å². The number of carbonyl (C=O) groups excluding carboxylic acids is 2. The smallest absolute Gasteiger partial charge is 0.328 e. The maximum atomic E-state index is 13.4. The first-order chi connectivity index (χ1) is 15.0. The first kappa shape index (κ1) is 22.0. The molecule has 3 rings (SSSR count). The lowest BCUT2D eigenvalue weighted by atomic mass is 10.0. The van der Waals surface area contributed by atoms with E-state index in [0.29, 0.717) is 12.4 Å². The van der Waals surface area contributed by atoms with Gasteiger partial charge < -0.3 is 14.8 Å². The molecule has 160 valence electrons. The Hall–Kier alpha value is -3.74. The third-order valence-corrected chi connectivity index (χ3v) is 4.58. The molecule has 0 radical (unpaired) electrons. The summed E-state index contributed by atoms with van der Waals surface area (Å²) in [5.41, 5.74) is 1.70. The zero-order valence-corrected chi connectivity index (χ0v) is 16.8. The summed E-state index contributed by atoms with van der Waals surface area (Å²) in [6, 6.07) is 18.6. The predicted molar refractivity (Wildman–Crippen MR) is 111 cm³/mol. The van der Waals surface area contributed by atoms with Crippen LogP contribution in [-0.2, 0) is 22.6 Å². The molecule has 0 aliphatic carbocycles. The van der Waals surface area contributed by atoms with E-state index >= 15 is 0 Å². The highest BCUT2D eigenvalue weighted by Crippen LogP contribution is 2.16. The minimum atomic E-state index is -1.15. The van der Waals surface area contributed by atoms with Gasteiger partial charge in [0.05, 0.1) is 7.11 Å². The average molecular weight is 425 g/mol. The van der Waals surface area contributed by atoms with E-state index in [-0.39, 0.29) is 12.0 Å². The highest BCUT2D eigenvalue weighted by Gasteiger charge is 2.23. The Kier molecular flexibility index (Phi) is 7.32. The first-order valence-corrected chi connectivity index (χ1v) is 9.55. The van der Waals surface area contributed by atoms with Gasteiger partial charge in [0.15, 0.2) is 11.6 Å². The van der Waals surface area contributed by atoms with E-state index in [2.05, 4.69) is 5.32 Å². The molecule has 0 aromatic heterocycles. The molecule has 0 fully saturated rings. The van der Waals surface area contributed by atoms with Gasteiger partial charge in [-0.1, -0.05) is 42.5 Å². The number of carbonyl (C=O) groups is 2. The van der Waals surface area contributed by atoms with Crippen molar-refractivity contribution in [1.82, 2.24) is 5.32 Å². The highest BCUT2D eigenvalue weighted by atomic mass is 19.2. The fourth-order valence-corrected chi connectivity index (χ4v) is 2.91. The van der Waals surface area contributed by atoms with Gasteiger partial charge >= 0.3 is 5.97 Å². The molecule has 0 heterocycles. The lowest BCUT2D eigenvalue weighted by Crippen LogP contribution is -2.43. The molecule has 0 saturated carbocycles. The van der Waals surface area contributed by atoms with Crippen LogP contribution >= 0.6 is 0 Å². The van der Waals surface area contributed by atoms with Gasteiger partial charge in [-0.25, -0.2) is 13.6 Å². The molecule has 31 heavy (non-hydrogen) atoms. The molecule has 3 aromatic rings. The number of nitrogens with one attached hydrogen (secondary N) is 1. The Balaban J connectivity index is 1.64. The molecular weight excluding hydrogens is 404 g/mol. The summed E-state index contributed by atoms with van der Waals surface area (Å²) < 4.78 is 37.0. The molecule has 0 unspecified atom stereocenters. The van der Waals surface area contributed by atoms with E-state index < -0.39 is 29.6 Å². The number of ether oxygens (including phenoxy) is 2. The van der Waals surface area contributed by atoms with Gasteiger partial charge in [0.2, 0.25) is 0 Å². The monoisotopic (exact) mass is 425 g/mol. The molecule has 1 atom stereocenters. The van der Waals surface area contributed by atoms with Crippen LogP contribution in [0, 0.1) is 11.6 Å². The molecule has 0 bridgehead atoms. The summed E-state index contributed by atoms with van der Waals surface area (Å²) in [5.74, 6) is -2.91. The van der Waals surface area contributed by atoms with Crippen LogP contribution in [0.25, 0.3) is 0 Å². The van der Waals surface area contributed by atoms with Crippen LogP contribution in [0.2, 0.25) is 0 Å². The maximum absolute atomic E-state index is 13.4. The second-order valence-corrected chi connectivity index (χ2v) is 6.80. The van der Waals surface area contributed by atoms with Crippen molar-refractivity contribution in [3.8, 4) is 5.75 Å². The van der Waals surface area contributed by atoms with Crippen molar-refractivity contribution in [1.29, 1.82) is 0 Å². The maximum Gasteiger partial charge on any atom is 0.328 e. The molecule has 1 N–H and O–H groups in total. The number of amides is 1. The number of methoxy groups -OCH3 is 1. The second-order valence-electron chi connectivity index (χ2n) is 6.80. The van der Waals surface area contributed by atoms with E-state index in [1.54, 1.807) is 24.3 Å². The van der Waals surface area contributed by atoms with Crippen LogP contribution < -0.4 is 10.1 Å². The average Bonchev–Trinajstić information content (AvgIpc) is 2.80. The molecular formula is C24H21F2NO4. The number of benzene rings is 3. The van der Waals surface area contributed by atoms with E-state index in [9.17, 15) is 18.4 Å². The SMILES string of the molecule is COC(=O)[C@@H](Cc1ccc(OCc2ccccc2)cc1)NC(=O)c1ccc(F)c(F)c1. The Bertz CT molecular complexity index is 1040. The van der Waals surface area contributed by atoms with Crippen LogP contribution in [-0.4, -0.2) is 25.0 Å². The number of hydrogen-bond acceptors (Lipinski definition) is 4. The van der Waals surface area contributed by atoms with E-state index in [4.69, 9.17) is 9.47 Å². The molecule has 0 aliphatic heterocycles. The summed E-state index contributed by atoms with van der Waals surface area (Å²) in [7, 11) is 1.21. The van der Waals surface area contributed by atoms with Gasteiger partial charge in [0.1, 0.15) is 18.4 Å². The van der Waals surface area contributed by atoms with Crippen LogP contribution in [0.5, 0.6) is 5.75 Å². The van der Waals surface area contributed by atoms with Gasteiger partial charge in [0, 0.05) is 12.0 Å². The largest absolute Gasteiger partial charge is 0.489 e. The molecule has 0 saturated heterocycles. The molecule has 1 amide bonds. The van der Waals surface area contributed by atoms with E-state index in [1.165, 1.54) is 7.11 Å². The van der Waals surface area contributed by atoms with Crippen molar-refractivity contribution in [3.05, 3.63) is 101 Å². The Morgan fingerprint density at radius 3 is 2.26 bits per heavy atom. The van der Waals surface area contributed by atoms with Crippen molar-refractivity contribution in [3.63, 3.8) is 0 Å². The Morgan fingerprint density at radius 1 is 0.903 bits per heavy atom. The second kappa shape index (κ2) is 10.3. The standard InChI is InChI=1S/C24H21F2NO4/c1-30-24(29)22(27-23(28)18-9-12-20(25)21(26)14-18)13-16-7-10-19(11-8-16)31-15-17-5-3-2-4-6-17/h2-12,14,22H,13,15H2,1H3,(H,27,28)/t22-/m1/s1. The summed E-state index contributed by atoms with van der Waals surface area (Å²) >= 11 is 0. The third kappa shape index (κ3) is 6.12. The summed E-state index contributed by atoms with van der Waals surface area (Å²) in [6.07, 6.45) is 0.154.